The van der Waals surface area contributed by atoms with E-state index in [9.17, 15) is 14.9 Å². The zero-order chi connectivity index (χ0) is 14.6. The van der Waals surface area contributed by atoms with Crippen molar-refractivity contribution in [1.29, 1.82) is 0 Å². The van der Waals surface area contributed by atoms with Gasteiger partial charge in [-0.3, -0.25) is 14.9 Å². The lowest BCUT2D eigenvalue weighted by Gasteiger charge is -2.24. The smallest absolute Gasteiger partial charge is 0.270 e. The summed E-state index contributed by atoms with van der Waals surface area (Å²) in [7, 11) is 1.70. The van der Waals surface area contributed by atoms with E-state index in [1.165, 1.54) is 18.2 Å². The van der Waals surface area contributed by atoms with E-state index in [0.717, 1.165) is 5.75 Å². The van der Waals surface area contributed by atoms with E-state index in [0.29, 0.717) is 10.0 Å². The second-order valence-electron chi connectivity index (χ2n) is 4.14. The lowest BCUT2D eigenvalue weighted by atomic mass is 10.1. The van der Waals surface area contributed by atoms with Gasteiger partial charge in [0.05, 0.1) is 10.5 Å². The summed E-state index contributed by atoms with van der Waals surface area (Å²) >= 11 is 4.91. The Hall–Kier alpha value is -1.08. The highest BCUT2D eigenvalue weighted by molar-refractivity contribution is 9.10. The molecule has 0 aromatic heterocycles. The van der Waals surface area contributed by atoms with Crippen molar-refractivity contribution in [2.24, 2.45) is 0 Å². The monoisotopic (exact) mass is 346 g/mol. The lowest BCUT2D eigenvalue weighted by Crippen LogP contribution is -2.36. The van der Waals surface area contributed by atoms with Crippen LogP contribution in [0.3, 0.4) is 0 Å². The molecule has 1 rings (SSSR count). The number of nitro benzene ring substituents is 1. The third-order valence-corrected chi connectivity index (χ3v) is 4.29. The number of thioether (sulfide) groups is 1. The largest absolute Gasteiger partial charge is 0.338 e. The molecule has 0 fully saturated rings. The molecule has 1 atom stereocenters. The number of halogens is 1. The molecule has 0 aliphatic heterocycles. The molecule has 0 aliphatic carbocycles. The first kappa shape index (κ1) is 16.0. The summed E-state index contributed by atoms with van der Waals surface area (Å²) in [5.74, 6) is 0.589. The van der Waals surface area contributed by atoms with E-state index in [1.54, 1.807) is 23.7 Å². The first-order chi connectivity index (χ1) is 8.88. The molecule has 104 valence electrons. The quantitative estimate of drug-likeness (QED) is 0.606. The van der Waals surface area contributed by atoms with Crippen molar-refractivity contribution >= 4 is 39.3 Å². The van der Waals surface area contributed by atoms with Crippen LogP contribution >= 0.6 is 27.7 Å². The van der Waals surface area contributed by atoms with Gasteiger partial charge in [-0.2, -0.15) is 11.8 Å². The minimum Gasteiger partial charge on any atom is -0.338 e. The van der Waals surface area contributed by atoms with Crippen molar-refractivity contribution in [2.75, 3.05) is 19.1 Å². The van der Waals surface area contributed by atoms with E-state index in [1.807, 2.05) is 13.2 Å². The molecule has 0 aliphatic rings. The van der Waals surface area contributed by atoms with E-state index in [2.05, 4.69) is 15.9 Å². The molecule has 0 spiro atoms. The van der Waals surface area contributed by atoms with Crippen LogP contribution in [0.4, 0.5) is 5.69 Å². The number of nitrogens with zero attached hydrogens (tertiary/aromatic N) is 2. The molecule has 0 saturated carbocycles. The Morgan fingerprint density at radius 1 is 1.58 bits per heavy atom. The SMILES string of the molecule is CSCC(C)N(C)C(=O)c1cc([N+](=O)[O-])ccc1Br. The van der Waals surface area contributed by atoms with E-state index >= 15 is 0 Å². The predicted molar refractivity (Wildman–Crippen MR) is 80.7 cm³/mol. The maximum atomic E-state index is 12.3. The molecule has 5 nitrogen and oxygen atoms in total. The molecular weight excluding hydrogens is 332 g/mol. The van der Waals surface area contributed by atoms with Crippen molar-refractivity contribution in [3.63, 3.8) is 0 Å². The lowest BCUT2D eigenvalue weighted by molar-refractivity contribution is -0.384. The molecule has 0 heterocycles. The number of benzene rings is 1. The Labute approximate surface area is 124 Å². The number of amides is 1. The van der Waals surface area contributed by atoms with Crippen molar-refractivity contribution in [3.05, 3.63) is 38.3 Å². The van der Waals surface area contributed by atoms with Gasteiger partial charge in [0.2, 0.25) is 0 Å². The van der Waals surface area contributed by atoms with Crippen molar-refractivity contribution in [2.45, 2.75) is 13.0 Å². The summed E-state index contributed by atoms with van der Waals surface area (Å²) < 4.78 is 0.561. The van der Waals surface area contributed by atoms with Gasteiger partial charge in [0.15, 0.2) is 0 Å². The van der Waals surface area contributed by atoms with Crippen LogP contribution in [0.5, 0.6) is 0 Å². The minimum absolute atomic E-state index is 0.0636. The summed E-state index contributed by atoms with van der Waals surface area (Å²) in [5, 5.41) is 10.8. The highest BCUT2D eigenvalue weighted by atomic mass is 79.9. The fraction of sp³-hybridized carbons (Fsp3) is 0.417. The highest BCUT2D eigenvalue weighted by Gasteiger charge is 2.21. The molecule has 0 saturated heterocycles. The molecule has 0 bridgehead atoms. The third kappa shape index (κ3) is 3.94. The number of nitro groups is 1. The van der Waals surface area contributed by atoms with Gasteiger partial charge in [0, 0.05) is 35.4 Å². The van der Waals surface area contributed by atoms with E-state index in [4.69, 9.17) is 0 Å². The number of hydrogen-bond donors (Lipinski definition) is 0. The highest BCUT2D eigenvalue weighted by Crippen LogP contribution is 2.24. The second kappa shape index (κ2) is 6.91. The number of rotatable bonds is 5. The fourth-order valence-corrected chi connectivity index (χ4v) is 2.66. The first-order valence-corrected chi connectivity index (χ1v) is 7.77. The molecule has 1 unspecified atom stereocenters. The molecular formula is C12H15BrN2O3S. The van der Waals surface area contributed by atoms with Gasteiger partial charge < -0.3 is 4.90 Å². The Kier molecular flexibility index (Phi) is 5.81. The number of hydrogen-bond acceptors (Lipinski definition) is 4. The first-order valence-electron chi connectivity index (χ1n) is 5.58. The van der Waals surface area contributed by atoms with Crippen LogP contribution in [0.2, 0.25) is 0 Å². The van der Waals surface area contributed by atoms with Gasteiger partial charge in [-0.05, 0) is 35.2 Å². The molecule has 1 aromatic rings. The normalized spacial score (nSPS) is 12.0. The molecule has 19 heavy (non-hydrogen) atoms. The van der Waals surface area contributed by atoms with Crippen LogP contribution in [0, 0.1) is 10.1 Å². The Bertz CT molecular complexity index is 496. The summed E-state index contributed by atoms with van der Waals surface area (Å²) in [6, 6.07) is 4.26. The molecule has 1 amide bonds. The van der Waals surface area contributed by atoms with Crippen LogP contribution in [0.25, 0.3) is 0 Å². The number of carbonyl (C=O) groups excluding carboxylic acids is 1. The van der Waals surface area contributed by atoms with Crippen LogP contribution in [0.15, 0.2) is 22.7 Å². The van der Waals surface area contributed by atoms with Crippen molar-refractivity contribution in [3.8, 4) is 0 Å². The van der Waals surface area contributed by atoms with Crippen molar-refractivity contribution < 1.29 is 9.72 Å². The van der Waals surface area contributed by atoms with Crippen LogP contribution in [-0.2, 0) is 0 Å². The zero-order valence-electron chi connectivity index (χ0n) is 10.9. The van der Waals surface area contributed by atoms with Gasteiger partial charge in [0.25, 0.3) is 11.6 Å². The zero-order valence-corrected chi connectivity index (χ0v) is 13.3. The molecule has 0 radical (unpaired) electrons. The fourth-order valence-electron chi connectivity index (χ4n) is 1.53. The summed E-state index contributed by atoms with van der Waals surface area (Å²) in [6.07, 6.45) is 1.97. The number of carbonyl (C=O) groups is 1. The summed E-state index contributed by atoms with van der Waals surface area (Å²) in [6.45, 7) is 1.94. The average Bonchev–Trinajstić information content (AvgIpc) is 2.37. The van der Waals surface area contributed by atoms with Gasteiger partial charge in [0.1, 0.15) is 0 Å². The van der Waals surface area contributed by atoms with Gasteiger partial charge >= 0.3 is 0 Å². The standard InChI is InChI=1S/C12H15BrN2O3S/c1-8(7-19-3)14(2)12(16)10-6-9(15(17)18)4-5-11(10)13/h4-6,8H,7H2,1-3H3. The molecule has 1 aromatic carbocycles. The second-order valence-corrected chi connectivity index (χ2v) is 5.91. The number of non-ortho nitro benzene ring substituents is 1. The van der Waals surface area contributed by atoms with E-state index < -0.39 is 4.92 Å². The van der Waals surface area contributed by atoms with Crippen LogP contribution < -0.4 is 0 Å². The predicted octanol–water partition coefficient (Wildman–Crippen LogP) is 3.18. The van der Waals surface area contributed by atoms with Crippen molar-refractivity contribution in [1.82, 2.24) is 4.90 Å². The van der Waals surface area contributed by atoms with Gasteiger partial charge in [-0.15, -0.1) is 0 Å². The topological polar surface area (TPSA) is 63.5 Å². The van der Waals surface area contributed by atoms with Gasteiger partial charge in [-0.25, -0.2) is 0 Å². The maximum absolute atomic E-state index is 12.3. The minimum atomic E-state index is -0.505. The van der Waals surface area contributed by atoms with Gasteiger partial charge in [-0.1, -0.05) is 0 Å². The molecule has 7 heteroatoms. The summed E-state index contributed by atoms with van der Waals surface area (Å²) in [4.78, 5) is 24.2. The Morgan fingerprint density at radius 3 is 2.74 bits per heavy atom. The summed E-state index contributed by atoms with van der Waals surface area (Å²) in [5.41, 5.74) is 0.224. The molecule has 0 N–H and O–H groups in total. The average molecular weight is 347 g/mol. The van der Waals surface area contributed by atoms with E-state index in [-0.39, 0.29) is 17.6 Å². The Morgan fingerprint density at radius 2 is 2.21 bits per heavy atom. The van der Waals surface area contributed by atoms with Crippen LogP contribution in [-0.4, -0.2) is 40.8 Å². The van der Waals surface area contributed by atoms with Crippen LogP contribution in [0.1, 0.15) is 17.3 Å². The Balaban J connectivity index is 3.04. The third-order valence-electron chi connectivity index (χ3n) is 2.78. The maximum Gasteiger partial charge on any atom is 0.270 e.